The summed E-state index contributed by atoms with van der Waals surface area (Å²) in [5.74, 6) is -1.47. The van der Waals surface area contributed by atoms with E-state index in [9.17, 15) is 18.0 Å². The number of rotatable bonds is 5. The molecule has 0 saturated carbocycles. The standard InChI is InChI=1S/C12H15N3O5S/c13-12(18)8-1-2-10(14-5-8)15(6-11(16)17)9-3-4-21(19,20)7-9/h1-2,5,9H,3-4,6-7H2,(H2,13,18)(H,16,17). The molecule has 9 heteroatoms. The van der Waals surface area contributed by atoms with Crippen LogP contribution in [0.25, 0.3) is 0 Å². The summed E-state index contributed by atoms with van der Waals surface area (Å²) < 4.78 is 23.1. The molecule has 1 fully saturated rings. The van der Waals surface area contributed by atoms with Crippen LogP contribution < -0.4 is 10.6 Å². The maximum Gasteiger partial charge on any atom is 0.323 e. The van der Waals surface area contributed by atoms with Crippen molar-refractivity contribution in [2.75, 3.05) is 23.0 Å². The highest BCUT2D eigenvalue weighted by molar-refractivity contribution is 7.91. The van der Waals surface area contributed by atoms with Crippen molar-refractivity contribution < 1.29 is 23.1 Å². The van der Waals surface area contributed by atoms with Crippen LogP contribution in [-0.2, 0) is 14.6 Å². The Bertz CT molecular complexity index is 656. The lowest BCUT2D eigenvalue weighted by molar-refractivity contribution is -0.135. The van der Waals surface area contributed by atoms with Crippen molar-refractivity contribution in [2.24, 2.45) is 5.73 Å². The molecule has 1 saturated heterocycles. The average molecular weight is 313 g/mol. The largest absolute Gasteiger partial charge is 0.480 e. The van der Waals surface area contributed by atoms with E-state index >= 15 is 0 Å². The van der Waals surface area contributed by atoms with Gasteiger partial charge in [0, 0.05) is 12.2 Å². The van der Waals surface area contributed by atoms with E-state index in [-0.39, 0.29) is 23.6 Å². The Morgan fingerprint density at radius 1 is 1.43 bits per heavy atom. The van der Waals surface area contributed by atoms with Gasteiger partial charge < -0.3 is 15.7 Å². The first-order valence-electron chi connectivity index (χ1n) is 6.23. The fourth-order valence-corrected chi connectivity index (χ4v) is 4.00. The van der Waals surface area contributed by atoms with Gasteiger partial charge in [-0.05, 0) is 18.6 Å². The van der Waals surface area contributed by atoms with Gasteiger partial charge in [-0.1, -0.05) is 0 Å². The number of carboxylic acids is 1. The van der Waals surface area contributed by atoms with Crippen LogP contribution in [0.2, 0.25) is 0 Å². The SMILES string of the molecule is NC(=O)c1ccc(N(CC(=O)O)C2CCS(=O)(=O)C2)nc1. The fraction of sp³-hybridized carbons (Fsp3) is 0.417. The lowest BCUT2D eigenvalue weighted by atomic mass is 10.2. The first-order valence-corrected chi connectivity index (χ1v) is 8.05. The summed E-state index contributed by atoms with van der Waals surface area (Å²) in [7, 11) is -3.14. The molecule has 2 rings (SSSR count). The molecular formula is C12H15N3O5S. The quantitative estimate of drug-likeness (QED) is 0.731. The first-order chi connectivity index (χ1) is 9.78. The summed E-state index contributed by atoms with van der Waals surface area (Å²) in [6, 6.07) is 2.47. The van der Waals surface area contributed by atoms with Crippen LogP contribution in [0.5, 0.6) is 0 Å². The Labute approximate surface area is 121 Å². The predicted octanol–water partition coefficient (Wildman–Crippen LogP) is -0.741. The van der Waals surface area contributed by atoms with Gasteiger partial charge >= 0.3 is 5.97 Å². The smallest absolute Gasteiger partial charge is 0.323 e. The number of carboxylic acid groups (broad SMARTS) is 1. The second-order valence-electron chi connectivity index (χ2n) is 4.85. The number of carbonyl (C=O) groups is 2. The van der Waals surface area contributed by atoms with Crippen molar-refractivity contribution in [1.82, 2.24) is 4.98 Å². The molecule has 114 valence electrons. The molecular weight excluding hydrogens is 298 g/mol. The zero-order valence-electron chi connectivity index (χ0n) is 11.1. The number of amides is 1. The summed E-state index contributed by atoms with van der Waals surface area (Å²) in [4.78, 5) is 27.4. The van der Waals surface area contributed by atoms with Crippen LogP contribution >= 0.6 is 0 Å². The molecule has 1 atom stereocenters. The number of hydrogen-bond acceptors (Lipinski definition) is 6. The second kappa shape index (κ2) is 5.68. The Hall–Kier alpha value is -2.16. The van der Waals surface area contributed by atoms with Crippen LogP contribution in [-0.4, -0.2) is 54.5 Å². The van der Waals surface area contributed by atoms with Crippen molar-refractivity contribution in [2.45, 2.75) is 12.5 Å². The van der Waals surface area contributed by atoms with Gasteiger partial charge in [-0.3, -0.25) is 9.59 Å². The third-order valence-electron chi connectivity index (χ3n) is 3.28. The molecule has 0 aromatic carbocycles. The Balaban J connectivity index is 2.27. The summed E-state index contributed by atoms with van der Waals surface area (Å²) in [5.41, 5.74) is 5.31. The minimum Gasteiger partial charge on any atom is -0.480 e. The lowest BCUT2D eigenvalue weighted by Gasteiger charge is -2.27. The van der Waals surface area contributed by atoms with E-state index in [4.69, 9.17) is 10.8 Å². The van der Waals surface area contributed by atoms with Crippen molar-refractivity contribution >= 4 is 27.5 Å². The number of sulfone groups is 1. The molecule has 1 aliphatic rings. The molecule has 21 heavy (non-hydrogen) atoms. The maximum absolute atomic E-state index is 11.6. The minimum atomic E-state index is -3.14. The van der Waals surface area contributed by atoms with Crippen LogP contribution in [0, 0.1) is 0 Å². The zero-order chi connectivity index (χ0) is 15.6. The number of nitrogens with zero attached hydrogens (tertiary/aromatic N) is 2. The molecule has 1 unspecified atom stereocenters. The number of pyridine rings is 1. The highest BCUT2D eigenvalue weighted by Crippen LogP contribution is 2.22. The lowest BCUT2D eigenvalue weighted by Crippen LogP contribution is -2.40. The molecule has 0 aliphatic carbocycles. The van der Waals surface area contributed by atoms with E-state index in [0.29, 0.717) is 12.2 Å². The van der Waals surface area contributed by atoms with E-state index in [1.165, 1.54) is 23.2 Å². The maximum atomic E-state index is 11.6. The number of nitrogens with two attached hydrogens (primary N) is 1. The molecule has 1 aromatic heterocycles. The summed E-state index contributed by atoms with van der Waals surface area (Å²) >= 11 is 0. The van der Waals surface area contributed by atoms with Gasteiger partial charge in [-0.25, -0.2) is 13.4 Å². The van der Waals surface area contributed by atoms with E-state index < -0.39 is 27.8 Å². The summed E-state index contributed by atoms with van der Waals surface area (Å²) in [6.07, 6.45) is 1.60. The van der Waals surface area contributed by atoms with Gasteiger partial charge in [0.25, 0.3) is 0 Å². The predicted molar refractivity (Wildman–Crippen MR) is 74.8 cm³/mol. The molecule has 1 aromatic rings. The highest BCUT2D eigenvalue weighted by atomic mass is 32.2. The molecule has 0 bridgehead atoms. The van der Waals surface area contributed by atoms with Crippen molar-refractivity contribution in [3.63, 3.8) is 0 Å². The zero-order valence-corrected chi connectivity index (χ0v) is 11.9. The van der Waals surface area contributed by atoms with Crippen LogP contribution in [0.1, 0.15) is 16.8 Å². The van der Waals surface area contributed by atoms with Crippen LogP contribution in [0.15, 0.2) is 18.3 Å². The summed E-state index contributed by atoms with van der Waals surface area (Å²) in [5, 5.41) is 8.99. The topological polar surface area (TPSA) is 131 Å². The third-order valence-corrected chi connectivity index (χ3v) is 5.03. The van der Waals surface area contributed by atoms with Gasteiger partial charge in [0.05, 0.1) is 17.1 Å². The van der Waals surface area contributed by atoms with Gasteiger partial charge in [0.15, 0.2) is 9.84 Å². The van der Waals surface area contributed by atoms with Gasteiger partial charge in [-0.15, -0.1) is 0 Å². The van der Waals surface area contributed by atoms with E-state index in [1.54, 1.807) is 0 Å². The van der Waals surface area contributed by atoms with Crippen molar-refractivity contribution in [3.8, 4) is 0 Å². The number of anilines is 1. The number of primary amides is 1. The molecule has 1 amide bonds. The van der Waals surface area contributed by atoms with Crippen LogP contribution in [0.3, 0.4) is 0 Å². The highest BCUT2D eigenvalue weighted by Gasteiger charge is 2.33. The van der Waals surface area contributed by atoms with Gasteiger partial charge in [0.1, 0.15) is 12.4 Å². The fourth-order valence-electron chi connectivity index (χ4n) is 2.27. The molecule has 1 aliphatic heterocycles. The normalized spacial score (nSPS) is 20.1. The first kappa shape index (κ1) is 15.2. The summed E-state index contributed by atoms with van der Waals surface area (Å²) in [6.45, 7) is -0.358. The average Bonchev–Trinajstić information content (AvgIpc) is 2.76. The number of hydrogen-bond donors (Lipinski definition) is 2. The van der Waals surface area contributed by atoms with E-state index in [2.05, 4.69) is 4.98 Å². The third kappa shape index (κ3) is 3.69. The molecule has 0 spiro atoms. The van der Waals surface area contributed by atoms with Crippen molar-refractivity contribution in [3.05, 3.63) is 23.9 Å². The van der Waals surface area contributed by atoms with Crippen molar-refractivity contribution in [1.29, 1.82) is 0 Å². The number of carbonyl (C=O) groups excluding carboxylic acids is 1. The van der Waals surface area contributed by atoms with Gasteiger partial charge in [0.2, 0.25) is 5.91 Å². The Kier molecular flexibility index (Phi) is 4.12. The number of aromatic nitrogens is 1. The monoisotopic (exact) mass is 313 g/mol. The number of aliphatic carboxylic acids is 1. The second-order valence-corrected chi connectivity index (χ2v) is 7.08. The Morgan fingerprint density at radius 3 is 2.57 bits per heavy atom. The van der Waals surface area contributed by atoms with Crippen LogP contribution in [0.4, 0.5) is 5.82 Å². The molecule has 2 heterocycles. The van der Waals surface area contributed by atoms with E-state index in [0.717, 1.165) is 0 Å². The Morgan fingerprint density at radius 2 is 2.14 bits per heavy atom. The minimum absolute atomic E-state index is 0.0349. The van der Waals surface area contributed by atoms with E-state index in [1.807, 2.05) is 0 Å². The molecule has 8 nitrogen and oxygen atoms in total. The molecule has 3 N–H and O–H groups in total. The molecule has 0 radical (unpaired) electrons. The van der Waals surface area contributed by atoms with Gasteiger partial charge in [-0.2, -0.15) is 0 Å².